The first-order valence-electron chi connectivity index (χ1n) is 6.69. The van der Waals surface area contributed by atoms with Gasteiger partial charge in [0.25, 0.3) is 0 Å². The van der Waals surface area contributed by atoms with Crippen LogP contribution in [0.3, 0.4) is 0 Å². The van der Waals surface area contributed by atoms with Gasteiger partial charge < -0.3 is 15.8 Å². The Morgan fingerprint density at radius 1 is 1.04 bits per heavy atom. The van der Waals surface area contributed by atoms with Crippen LogP contribution in [0.15, 0.2) is 59.3 Å². The number of benzene rings is 2. The minimum Gasteiger partial charge on any atom is -0.437 e. The van der Waals surface area contributed by atoms with Gasteiger partial charge in [-0.25, -0.2) is 4.98 Å². The Balaban J connectivity index is 1.86. The van der Waals surface area contributed by atoms with Crippen molar-refractivity contribution >= 4 is 44.7 Å². The number of nitrogens with zero attached hydrogens (tertiary/aromatic N) is 2. The second kappa shape index (κ2) is 6.85. The minimum absolute atomic E-state index is 0.275. The number of para-hydroxylation sites is 1. The lowest BCUT2D eigenvalue weighted by Gasteiger charge is -2.12. The second-order valence-corrected chi connectivity index (χ2v) is 5.92. The molecule has 0 aliphatic carbocycles. The molecule has 0 bridgehead atoms. The predicted octanol–water partition coefficient (Wildman–Crippen LogP) is 5.01. The SMILES string of the molecule is Nc1c(Nc2ccccc2Cl)ncnc1Oc1ccc(Br)cc1. The number of hydrogen-bond acceptors (Lipinski definition) is 5. The summed E-state index contributed by atoms with van der Waals surface area (Å²) in [4.78, 5) is 8.22. The number of anilines is 3. The Hall–Kier alpha value is -2.31. The molecular weight excluding hydrogens is 380 g/mol. The molecule has 0 radical (unpaired) electrons. The van der Waals surface area contributed by atoms with Crippen molar-refractivity contribution in [3.8, 4) is 11.6 Å². The van der Waals surface area contributed by atoms with Crippen LogP contribution >= 0.6 is 27.5 Å². The number of nitrogens with two attached hydrogens (primary N) is 1. The molecule has 3 aromatic rings. The van der Waals surface area contributed by atoms with Crippen LogP contribution in [-0.4, -0.2) is 9.97 Å². The molecule has 7 heteroatoms. The van der Waals surface area contributed by atoms with Gasteiger partial charge in [0, 0.05) is 4.47 Å². The molecule has 116 valence electrons. The minimum atomic E-state index is 0.275. The summed E-state index contributed by atoms with van der Waals surface area (Å²) in [5, 5.41) is 3.65. The highest BCUT2D eigenvalue weighted by atomic mass is 79.9. The average molecular weight is 392 g/mol. The van der Waals surface area contributed by atoms with Gasteiger partial charge in [-0.05, 0) is 36.4 Å². The Morgan fingerprint density at radius 2 is 1.78 bits per heavy atom. The largest absolute Gasteiger partial charge is 0.437 e. The van der Waals surface area contributed by atoms with Gasteiger partial charge in [-0.3, -0.25) is 0 Å². The van der Waals surface area contributed by atoms with E-state index in [0.717, 1.165) is 4.47 Å². The molecule has 1 aromatic heterocycles. The number of aromatic nitrogens is 2. The van der Waals surface area contributed by atoms with Crippen LogP contribution in [0.4, 0.5) is 17.2 Å². The van der Waals surface area contributed by atoms with E-state index in [1.54, 1.807) is 6.07 Å². The maximum absolute atomic E-state index is 6.13. The molecule has 1 heterocycles. The molecule has 5 nitrogen and oxygen atoms in total. The summed E-state index contributed by atoms with van der Waals surface area (Å²) in [6.45, 7) is 0. The molecule has 3 rings (SSSR count). The molecule has 2 aromatic carbocycles. The van der Waals surface area contributed by atoms with E-state index >= 15 is 0 Å². The Bertz CT molecular complexity index is 827. The number of nitrogen functional groups attached to an aromatic ring is 1. The predicted molar refractivity (Wildman–Crippen MR) is 95.4 cm³/mol. The summed E-state index contributed by atoms with van der Waals surface area (Å²) < 4.78 is 6.66. The van der Waals surface area contributed by atoms with E-state index in [9.17, 15) is 0 Å². The van der Waals surface area contributed by atoms with Crippen LogP contribution in [0.2, 0.25) is 5.02 Å². The van der Waals surface area contributed by atoms with Crippen molar-refractivity contribution in [2.75, 3.05) is 11.1 Å². The molecule has 0 unspecified atom stereocenters. The quantitative estimate of drug-likeness (QED) is 0.654. The van der Waals surface area contributed by atoms with E-state index in [1.165, 1.54) is 6.33 Å². The van der Waals surface area contributed by atoms with Gasteiger partial charge in [-0.2, -0.15) is 4.98 Å². The summed E-state index contributed by atoms with van der Waals surface area (Å²) in [5.74, 6) is 1.33. The van der Waals surface area contributed by atoms with Crippen molar-refractivity contribution in [3.63, 3.8) is 0 Å². The molecule has 23 heavy (non-hydrogen) atoms. The number of halogens is 2. The summed E-state index contributed by atoms with van der Waals surface area (Å²) in [5.41, 5.74) is 7.10. The summed E-state index contributed by atoms with van der Waals surface area (Å²) >= 11 is 9.50. The fraction of sp³-hybridized carbons (Fsp3) is 0. The van der Waals surface area contributed by atoms with E-state index in [4.69, 9.17) is 22.1 Å². The van der Waals surface area contributed by atoms with Crippen molar-refractivity contribution in [2.24, 2.45) is 0 Å². The molecule has 0 aliphatic rings. The molecular formula is C16H12BrClN4O. The zero-order chi connectivity index (χ0) is 16.2. The summed E-state index contributed by atoms with van der Waals surface area (Å²) in [6, 6.07) is 14.7. The maximum atomic E-state index is 6.13. The number of nitrogens with one attached hydrogen (secondary N) is 1. The first-order valence-corrected chi connectivity index (χ1v) is 7.86. The topological polar surface area (TPSA) is 73.1 Å². The summed E-state index contributed by atoms with van der Waals surface area (Å²) in [7, 11) is 0. The van der Waals surface area contributed by atoms with E-state index in [0.29, 0.717) is 28.0 Å². The van der Waals surface area contributed by atoms with E-state index in [-0.39, 0.29) is 5.88 Å². The standard InChI is InChI=1S/C16H12BrClN4O/c17-10-5-7-11(8-6-10)23-16-14(19)15(20-9-21-16)22-13-4-2-1-3-12(13)18/h1-9H,19H2,(H,20,21,22). The molecule has 0 atom stereocenters. The number of hydrogen-bond donors (Lipinski definition) is 2. The van der Waals surface area contributed by atoms with Crippen molar-refractivity contribution < 1.29 is 4.74 Å². The lowest BCUT2D eigenvalue weighted by molar-refractivity contribution is 0.464. The fourth-order valence-electron chi connectivity index (χ4n) is 1.86. The van der Waals surface area contributed by atoms with Crippen molar-refractivity contribution in [1.82, 2.24) is 9.97 Å². The fourth-order valence-corrected chi connectivity index (χ4v) is 2.31. The number of ether oxygens (including phenoxy) is 1. The van der Waals surface area contributed by atoms with Gasteiger partial charge in [-0.15, -0.1) is 0 Å². The van der Waals surface area contributed by atoms with Crippen LogP contribution in [0.1, 0.15) is 0 Å². The zero-order valence-electron chi connectivity index (χ0n) is 11.8. The Kier molecular flexibility index (Phi) is 4.64. The van der Waals surface area contributed by atoms with Crippen LogP contribution in [0.5, 0.6) is 11.6 Å². The molecule has 0 spiro atoms. The van der Waals surface area contributed by atoms with Crippen molar-refractivity contribution in [3.05, 3.63) is 64.4 Å². The van der Waals surface area contributed by atoms with E-state index in [1.807, 2.05) is 42.5 Å². The van der Waals surface area contributed by atoms with Gasteiger partial charge >= 0.3 is 0 Å². The van der Waals surface area contributed by atoms with Crippen LogP contribution in [0, 0.1) is 0 Å². The average Bonchev–Trinajstić information content (AvgIpc) is 2.55. The molecule has 0 aliphatic heterocycles. The molecule has 0 fully saturated rings. The third-order valence-electron chi connectivity index (χ3n) is 3.00. The number of rotatable bonds is 4. The smallest absolute Gasteiger partial charge is 0.248 e. The Labute approximate surface area is 146 Å². The molecule has 3 N–H and O–H groups in total. The van der Waals surface area contributed by atoms with E-state index in [2.05, 4.69) is 31.2 Å². The second-order valence-electron chi connectivity index (χ2n) is 4.60. The van der Waals surface area contributed by atoms with Gasteiger partial charge in [0.15, 0.2) is 5.82 Å². The van der Waals surface area contributed by atoms with Gasteiger partial charge in [0.05, 0.1) is 10.7 Å². The normalized spacial score (nSPS) is 10.3. The monoisotopic (exact) mass is 390 g/mol. The molecule has 0 amide bonds. The zero-order valence-corrected chi connectivity index (χ0v) is 14.2. The molecule has 0 saturated carbocycles. The first-order chi connectivity index (χ1) is 11.1. The third kappa shape index (κ3) is 3.72. The van der Waals surface area contributed by atoms with Crippen molar-refractivity contribution in [1.29, 1.82) is 0 Å². The van der Waals surface area contributed by atoms with Crippen molar-refractivity contribution in [2.45, 2.75) is 0 Å². The lowest BCUT2D eigenvalue weighted by atomic mass is 10.3. The summed E-state index contributed by atoms with van der Waals surface area (Å²) in [6.07, 6.45) is 1.38. The highest BCUT2D eigenvalue weighted by Crippen LogP contribution is 2.32. The van der Waals surface area contributed by atoms with Gasteiger partial charge in [0.1, 0.15) is 17.8 Å². The Morgan fingerprint density at radius 3 is 2.52 bits per heavy atom. The highest BCUT2D eigenvalue weighted by Gasteiger charge is 2.11. The third-order valence-corrected chi connectivity index (χ3v) is 3.86. The maximum Gasteiger partial charge on any atom is 0.248 e. The highest BCUT2D eigenvalue weighted by molar-refractivity contribution is 9.10. The lowest BCUT2D eigenvalue weighted by Crippen LogP contribution is -2.03. The van der Waals surface area contributed by atoms with Gasteiger partial charge in [-0.1, -0.05) is 39.7 Å². The first kappa shape index (κ1) is 15.6. The van der Waals surface area contributed by atoms with Crippen LogP contribution in [0.25, 0.3) is 0 Å². The molecule has 0 saturated heterocycles. The van der Waals surface area contributed by atoms with Crippen LogP contribution < -0.4 is 15.8 Å². The van der Waals surface area contributed by atoms with Crippen LogP contribution in [-0.2, 0) is 0 Å². The van der Waals surface area contributed by atoms with Gasteiger partial charge in [0.2, 0.25) is 5.88 Å². The van der Waals surface area contributed by atoms with E-state index < -0.39 is 0 Å².